The summed E-state index contributed by atoms with van der Waals surface area (Å²) in [6, 6.07) is 11.4. The van der Waals surface area contributed by atoms with E-state index in [1.54, 1.807) is 0 Å². The van der Waals surface area contributed by atoms with E-state index in [0.717, 1.165) is 36.0 Å². The smallest absolute Gasteiger partial charge is 0.0942 e. The van der Waals surface area contributed by atoms with Gasteiger partial charge in [0.15, 0.2) is 0 Å². The fraction of sp³-hybridized carbons (Fsp3) is 0.455. The quantitative estimate of drug-likeness (QED) is 0.598. The molecule has 3 rings (SSSR count). The average Bonchev–Trinajstić information content (AvgIpc) is 2.59. The van der Waals surface area contributed by atoms with Crippen molar-refractivity contribution >= 4 is 34.8 Å². The minimum Gasteiger partial charge on any atom is -0.385 e. The number of hydrogen-bond acceptors (Lipinski definition) is 2. The minimum absolute atomic E-state index is 0.0481. The van der Waals surface area contributed by atoms with Gasteiger partial charge in [0.1, 0.15) is 0 Å². The van der Waals surface area contributed by atoms with E-state index in [1.807, 2.05) is 50.2 Å². The zero-order valence-electron chi connectivity index (χ0n) is 15.7. The third-order valence-electron chi connectivity index (χ3n) is 5.71. The van der Waals surface area contributed by atoms with Crippen LogP contribution in [0.4, 0.5) is 0 Å². The molecule has 0 radical (unpaired) electrons. The van der Waals surface area contributed by atoms with Crippen molar-refractivity contribution in [2.45, 2.75) is 57.1 Å². The van der Waals surface area contributed by atoms with Gasteiger partial charge in [0.05, 0.1) is 5.60 Å². The second kappa shape index (κ2) is 7.93. The Bertz CT molecular complexity index is 790. The number of rotatable bonds is 4. The van der Waals surface area contributed by atoms with Crippen molar-refractivity contribution in [3.05, 3.63) is 68.2 Å². The summed E-state index contributed by atoms with van der Waals surface area (Å²) in [4.78, 5) is 0. The van der Waals surface area contributed by atoms with Crippen LogP contribution in [-0.4, -0.2) is 10.6 Å². The van der Waals surface area contributed by atoms with Crippen LogP contribution in [-0.2, 0) is 12.0 Å². The standard InChI is InChI=1S/C22H26Cl3NO/c1-21(2,26)20-5-3-4-10-22(20,27)15-12-18(24)17(19(25)13-15)11-14-6-8-16(23)9-7-14/h6-9,12-13,20,27H,3-5,10-11,26H2,1-2H3. The zero-order valence-corrected chi connectivity index (χ0v) is 18.0. The van der Waals surface area contributed by atoms with Gasteiger partial charge >= 0.3 is 0 Å². The molecule has 0 heterocycles. The Hall–Kier alpha value is -0.770. The number of benzene rings is 2. The van der Waals surface area contributed by atoms with Crippen LogP contribution in [0.2, 0.25) is 15.1 Å². The van der Waals surface area contributed by atoms with Gasteiger partial charge in [-0.1, -0.05) is 59.8 Å². The van der Waals surface area contributed by atoms with Gasteiger partial charge in [-0.15, -0.1) is 0 Å². The van der Waals surface area contributed by atoms with E-state index in [1.165, 1.54) is 0 Å². The van der Waals surface area contributed by atoms with Gasteiger partial charge < -0.3 is 10.8 Å². The minimum atomic E-state index is -1.01. The van der Waals surface area contributed by atoms with Crippen molar-refractivity contribution in [2.75, 3.05) is 0 Å². The van der Waals surface area contributed by atoms with Gasteiger partial charge in [0.25, 0.3) is 0 Å². The Morgan fingerprint density at radius 1 is 1.07 bits per heavy atom. The molecule has 2 unspecified atom stereocenters. The van der Waals surface area contributed by atoms with Crippen LogP contribution in [0.5, 0.6) is 0 Å². The average molecular weight is 427 g/mol. The van der Waals surface area contributed by atoms with Crippen LogP contribution in [0, 0.1) is 5.92 Å². The molecule has 0 saturated heterocycles. The summed E-state index contributed by atoms with van der Waals surface area (Å²) in [5.41, 5.74) is 7.60. The maximum atomic E-state index is 11.6. The first-order chi connectivity index (χ1) is 12.6. The second-order valence-electron chi connectivity index (χ2n) is 8.27. The van der Waals surface area contributed by atoms with Crippen LogP contribution >= 0.6 is 34.8 Å². The summed E-state index contributed by atoms with van der Waals surface area (Å²) in [7, 11) is 0. The first-order valence-electron chi connectivity index (χ1n) is 9.35. The molecule has 0 bridgehead atoms. The summed E-state index contributed by atoms with van der Waals surface area (Å²) in [5.74, 6) is -0.0481. The summed E-state index contributed by atoms with van der Waals surface area (Å²) in [5, 5.41) is 13.4. The van der Waals surface area contributed by atoms with E-state index in [2.05, 4.69) is 0 Å². The molecule has 2 aromatic rings. The second-order valence-corrected chi connectivity index (χ2v) is 9.52. The van der Waals surface area contributed by atoms with Gasteiger partial charge in [0, 0.05) is 32.9 Å². The van der Waals surface area contributed by atoms with Gasteiger partial charge in [-0.25, -0.2) is 0 Å². The first kappa shape index (κ1) is 21.0. The van der Waals surface area contributed by atoms with Gasteiger partial charge in [-0.3, -0.25) is 0 Å². The monoisotopic (exact) mass is 425 g/mol. The summed E-state index contributed by atoms with van der Waals surface area (Å²) >= 11 is 19.2. The molecule has 5 heteroatoms. The summed E-state index contributed by atoms with van der Waals surface area (Å²) in [6.45, 7) is 3.96. The summed E-state index contributed by atoms with van der Waals surface area (Å²) < 4.78 is 0. The number of nitrogens with two attached hydrogens (primary N) is 1. The molecule has 0 aromatic heterocycles. The molecule has 0 aliphatic heterocycles. The predicted molar refractivity (Wildman–Crippen MR) is 115 cm³/mol. The lowest BCUT2D eigenvalue weighted by atomic mass is 9.64. The fourth-order valence-electron chi connectivity index (χ4n) is 4.32. The Labute approximate surface area is 176 Å². The topological polar surface area (TPSA) is 46.2 Å². The van der Waals surface area contributed by atoms with E-state index in [0.29, 0.717) is 27.9 Å². The van der Waals surface area contributed by atoms with Gasteiger partial charge in [0.2, 0.25) is 0 Å². The van der Waals surface area contributed by atoms with Crippen LogP contribution in [0.3, 0.4) is 0 Å². The van der Waals surface area contributed by atoms with Crippen LogP contribution < -0.4 is 5.73 Å². The van der Waals surface area contributed by atoms with Crippen molar-refractivity contribution in [3.8, 4) is 0 Å². The van der Waals surface area contributed by atoms with E-state index in [-0.39, 0.29) is 5.92 Å². The number of aliphatic hydroxyl groups is 1. The third-order valence-corrected chi connectivity index (χ3v) is 6.64. The molecule has 1 fully saturated rings. The molecule has 2 nitrogen and oxygen atoms in total. The Kier molecular flexibility index (Phi) is 6.15. The first-order valence-corrected chi connectivity index (χ1v) is 10.5. The Balaban J connectivity index is 1.97. The lowest BCUT2D eigenvalue weighted by Gasteiger charge is -2.47. The molecule has 2 aromatic carbocycles. The third kappa shape index (κ3) is 4.46. The van der Waals surface area contributed by atoms with E-state index >= 15 is 0 Å². The number of halogens is 3. The predicted octanol–water partition coefficient (Wildman–Crippen LogP) is 6.35. The molecule has 2 atom stereocenters. The fourth-order valence-corrected chi connectivity index (χ4v) is 5.06. The molecular weight excluding hydrogens is 401 g/mol. The summed E-state index contributed by atoms with van der Waals surface area (Å²) in [6.07, 6.45) is 4.21. The van der Waals surface area contributed by atoms with Crippen LogP contribution in [0.25, 0.3) is 0 Å². The Morgan fingerprint density at radius 3 is 2.22 bits per heavy atom. The zero-order chi connectivity index (χ0) is 19.8. The van der Waals surface area contributed by atoms with E-state index in [9.17, 15) is 5.11 Å². The van der Waals surface area contributed by atoms with Crippen molar-refractivity contribution in [1.82, 2.24) is 0 Å². The van der Waals surface area contributed by atoms with E-state index in [4.69, 9.17) is 40.5 Å². The largest absolute Gasteiger partial charge is 0.385 e. The molecule has 1 saturated carbocycles. The SMILES string of the molecule is CC(C)(N)C1CCCCC1(O)c1cc(Cl)c(Cc2ccc(Cl)cc2)c(Cl)c1. The van der Waals surface area contributed by atoms with Gasteiger partial charge in [-0.05, 0) is 67.6 Å². The van der Waals surface area contributed by atoms with Crippen LogP contribution in [0.1, 0.15) is 56.2 Å². The molecule has 0 amide bonds. The molecule has 3 N–H and O–H groups in total. The maximum absolute atomic E-state index is 11.6. The van der Waals surface area contributed by atoms with Crippen molar-refractivity contribution in [2.24, 2.45) is 11.7 Å². The maximum Gasteiger partial charge on any atom is 0.0942 e. The molecule has 146 valence electrons. The normalized spacial score (nSPS) is 23.4. The highest BCUT2D eigenvalue weighted by atomic mass is 35.5. The van der Waals surface area contributed by atoms with Crippen LogP contribution in [0.15, 0.2) is 36.4 Å². The Morgan fingerprint density at radius 2 is 1.67 bits per heavy atom. The lowest BCUT2D eigenvalue weighted by molar-refractivity contribution is -0.0786. The number of hydrogen-bond donors (Lipinski definition) is 2. The molecular formula is C22H26Cl3NO. The van der Waals surface area contributed by atoms with Crippen molar-refractivity contribution in [3.63, 3.8) is 0 Å². The lowest BCUT2D eigenvalue weighted by Crippen LogP contribution is -2.53. The highest BCUT2D eigenvalue weighted by Crippen LogP contribution is 2.47. The molecule has 27 heavy (non-hydrogen) atoms. The molecule has 1 aliphatic carbocycles. The molecule has 0 spiro atoms. The van der Waals surface area contributed by atoms with Gasteiger partial charge in [-0.2, -0.15) is 0 Å². The highest BCUT2D eigenvalue weighted by molar-refractivity contribution is 6.36. The highest BCUT2D eigenvalue weighted by Gasteiger charge is 2.46. The van der Waals surface area contributed by atoms with Crippen molar-refractivity contribution in [1.29, 1.82) is 0 Å². The van der Waals surface area contributed by atoms with Crippen molar-refractivity contribution < 1.29 is 5.11 Å². The van der Waals surface area contributed by atoms with E-state index < -0.39 is 11.1 Å². The molecule has 1 aliphatic rings.